The number of nitrogens with one attached hydrogen (secondary N) is 1. The number of fused-ring (bicyclic) bond motifs is 2. The average Bonchev–Trinajstić information content (AvgIpc) is 3.30. The van der Waals surface area contributed by atoms with Crippen LogP contribution in [-0.2, 0) is 9.59 Å². The zero-order chi connectivity index (χ0) is 17.6. The van der Waals surface area contributed by atoms with Gasteiger partial charge in [0.15, 0.2) is 0 Å². The number of anilines is 1. The summed E-state index contributed by atoms with van der Waals surface area (Å²) in [5.74, 6) is -0.875. The molecule has 0 unspecified atom stereocenters. The lowest BCUT2D eigenvalue weighted by atomic mass is 9.82. The SMILES string of the molecule is Cc1ccc(-c2ccccc2NC(=O)[C@H]2[C@H](C(=O)O)[C@H]3C=C[C@H]2C3)o1. The number of carbonyl (C=O) groups excluding carboxylic acids is 1. The van der Waals surface area contributed by atoms with E-state index in [-0.39, 0.29) is 17.7 Å². The Bertz CT molecular complexity index is 866. The van der Waals surface area contributed by atoms with Crippen molar-refractivity contribution in [3.63, 3.8) is 0 Å². The molecule has 1 amide bonds. The van der Waals surface area contributed by atoms with Gasteiger partial charge in [0.05, 0.1) is 17.5 Å². The third-order valence-electron chi connectivity index (χ3n) is 5.24. The first-order valence-corrected chi connectivity index (χ1v) is 8.42. The molecule has 0 saturated heterocycles. The summed E-state index contributed by atoms with van der Waals surface area (Å²) in [5.41, 5.74) is 1.42. The molecule has 1 aromatic heterocycles. The van der Waals surface area contributed by atoms with Crippen molar-refractivity contribution in [3.8, 4) is 11.3 Å². The molecule has 5 heteroatoms. The van der Waals surface area contributed by atoms with Gasteiger partial charge < -0.3 is 14.8 Å². The lowest BCUT2D eigenvalue weighted by molar-refractivity contribution is -0.146. The van der Waals surface area contributed by atoms with Gasteiger partial charge in [-0.05, 0) is 49.4 Å². The number of carbonyl (C=O) groups is 2. The number of allylic oxidation sites excluding steroid dienone is 2. The fourth-order valence-electron chi connectivity index (χ4n) is 4.12. The second kappa shape index (κ2) is 5.92. The van der Waals surface area contributed by atoms with Gasteiger partial charge >= 0.3 is 5.97 Å². The fraction of sp³-hybridized carbons (Fsp3) is 0.300. The van der Waals surface area contributed by atoms with Crippen molar-refractivity contribution in [2.45, 2.75) is 13.3 Å². The van der Waals surface area contributed by atoms with E-state index in [0.29, 0.717) is 11.4 Å². The number of hydrogen-bond acceptors (Lipinski definition) is 3. The first kappa shape index (κ1) is 15.7. The Morgan fingerprint density at radius 3 is 2.48 bits per heavy atom. The molecule has 0 aliphatic heterocycles. The van der Waals surface area contributed by atoms with Crippen LogP contribution in [0.3, 0.4) is 0 Å². The second-order valence-electron chi connectivity index (χ2n) is 6.78. The highest BCUT2D eigenvalue weighted by molar-refractivity contribution is 5.99. The van der Waals surface area contributed by atoms with Crippen LogP contribution in [-0.4, -0.2) is 17.0 Å². The third-order valence-corrected chi connectivity index (χ3v) is 5.24. The highest BCUT2D eigenvalue weighted by atomic mass is 16.4. The van der Waals surface area contributed by atoms with E-state index in [1.54, 1.807) is 0 Å². The summed E-state index contributed by atoms with van der Waals surface area (Å²) in [6, 6.07) is 11.1. The normalized spacial score (nSPS) is 26.8. The minimum Gasteiger partial charge on any atom is -0.481 e. The number of carboxylic acid groups (broad SMARTS) is 1. The summed E-state index contributed by atoms with van der Waals surface area (Å²) >= 11 is 0. The first-order chi connectivity index (χ1) is 12.0. The molecule has 2 bridgehead atoms. The zero-order valence-electron chi connectivity index (χ0n) is 13.8. The number of rotatable bonds is 4. The minimum atomic E-state index is -0.896. The van der Waals surface area contributed by atoms with Crippen LogP contribution in [0.1, 0.15) is 12.2 Å². The molecule has 1 aromatic carbocycles. The van der Waals surface area contributed by atoms with Crippen LogP contribution in [0.2, 0.25) is 0 Å². The Morgan fingerprint density at radius 2 is 1.80 bits per heavy atom. The molecular formula is C20H19NO4. The number of furan rings is 1. The lowest BCUT2D eigenvalue weighted by Crippen LogP contribution is -2.36. The van der Waals surface area contributed by atoms with E-state index in [9.17, 15) is 14.7 Å². The van der Waals surface area contributed by atoms with Gasteiger partial charge in [-0.25, -0.2) is 0 Å². The molecule has 1 heterocycles. The number of amides is 1. The minimum absolute atomic E-state index is 0.00381. The van der Waals surface area contributed by atoms with Gasteiger partial charge in [-0.15, -0.1) is 0 Å². The zero-order valence-corrected chi connectivity index (χ0v) is 13.8. The maximum absolute atomic E-state index is 12.9. The third kappa shape index (κ3) is 2.65. The molecular weight excluding hydrogens is 318 g/mol. The molecule has 2 N–H and O–H groups in total. The Morgan fingerprint density at radius 1 is 1.08 bits per heavy atom. The van der Waals surface area contributed by atoms with Gasteiger partial charge in [0.25, 0.3) is 0 Å². The van der Waals surface area contributed by atoms with Crippen LogP contribution in [0.15, 0.2) is 53.0 Å². The number of carboxylic acids is 1. The predicted molar refractivity (Wildman–Crippen MR) is 92.9 cm³/mol. The second-order valence-corrected chi connectivity index (χ2v) is 6.78. The van der Waals surface area contributed by atoms with E-state index >= 15 is 0 Å². The molecule has 2 aromatic rings. The molecule has 128 valence electrons. The number of benzene rings is 1. The van der Waals surface area contributed by atoms with Crippen molar-refractivity contribution in [3.05, 3.63) is 54.3 Å². The van der Waals surface area contributed by atoms with Crippen molar-refractivity contribution in [1.29, 1.82) is 0 Å². The highest BCUT2D eigenvalue weighted by Crippen LogP contribution is 2.48. The van der Waals surface area contributed by atoms with Crippen LogP contribution < -0.4 is 5.32 Å². The van der Waals surface area contributed by atoms with E-state index < -0.39 is 17.8 Å². The Labute approximate surface area is 145 Å². The number of para-hydroxylation sites is 1. The Balaban J connectivity index is 1.62. The average molecular weight is 337 g/mol. The van der Waals surface area contributed by atoms with E-state index in [1.165, 1.54) is 0 Å². The summed E-state index contributed by atoms with van der Waals surface area (Å²) in [7, 11) is 0. The lowest BCUT2D eigenvalue weighted by Gasteiger charge is -2.24. The number of aliphatic carboxylic acids is 1. The van der Waals surface area contributed by atoms with Crippen molar-refractivity contribution in [2.24, 2.45) is 23.7 Å². The number of hydrogen-bond donors (Lipinski definition) is 2. The van der Waals surface area contributed by atoms with E-state index in [2.05, 4.69) is 5.32 Å². The topological polar surface area (TPSA) is 79.5 Å². The van der Waals surface area contributed by atoms with Gasteiger partial charge in [0, 0.05) is 5.56 Å². The van der Waals surface area contributed by atoms with E-state index in [0.717, 1.165) is 17.7 Å². The van der Waals surface area contributed by atoms with Crippen LogP contribution in [0, 0.1) is 30.6 Å². The van der Waals surface area contributed by atoms with E-state index in [4.69, 9.17) is 4.42 Å². The predicted octanol–water partition coefficient (Wildman–Crippen LogP) is 3.72. The van der Waals surface area contributed by atoms with E-state index in [1.807, 2.05) is 55.5 Å². The van der Waals surface area contributed by atoms with Gasteiger partial charge in [-0.1, -0.05) is 24.3 Å². The Kier molecular flexibility index (Phi) is 3.71. The van der Waals surface area contributed by atoms with Crippen molar-refractivity contribution in [1.82, 2.24) is 0 Å². The summed E-state index contributed by atoms with van der Waals surface area (Å²) < 4.78 is 5.67. The maximum atomic E-state index is 12.9. The van der Waals surface area contributed by atoms with Crippen molar-refractivity contribution in [2.75, 3.05) is 5.32 Å². The molecule has 25 heavy (non-hydrogen) atoms. The summed E-state index contributed by atoms with van der Waals surface area (Å²) in [6.45, 7) is 1.86. The van der Waals surface area contributed by atoms with Crippen LogP contribution >= 0.6 is 0 Å². The molecule has 2 aliphatic carbocycles. The molecule has 5 nitrogen and oxygen atoms in total. The standard InChI is InChI=1S/C20H19NO4/c1-11-6-9-16(25-11)14-4-2-3-5-15(14)21-19(22)17-12-7-8-13(10-12)18(17)20(23)24/h2-9,12-13,17-18H,10H2,1H3,(H,21,22)(H,23,24)/t12-,13-,17+,18+/m0/s1. The van der Waals surface area contributed by atoms with Gasteiger partial charge in [0.2, 0.25) is 5.91 Å². The van der Waals surface area contributed by atoms with Crippen LogP contribution in [0.5, 0.6) is 0 Å². The molecule has 4 rings (SSSR count). The molecule has 0 spiro atoms. The fourth-order valence-corrected chi connectivity index (χ4v) is 4.12. The molecule has 0 radical (unpaired) electrons. The monoisotopic (exact) mass is 337 g/mol. The Hall–Kier alpha value is -2.82. The summed E-state index contributed by atoms with van der Waals surface area (Å²) in [6.07, 6.45) is 4.66. The smallest absolute Gasteiger partial charge is 0.307 e. The highest BCUT2D eigenvalue weighted by Gasteiger charge is 2.51. The molecule has 4 atom stereocenters. The first-order valence-electron chi connectivity index (χ1n) is 8.42. The van der Waals surface area contributed by atoms with Gasteiger partial charge in [-0.2, -0.15) is 0 Å². The quantitative estimate of drug-likeness (QED) is 0.834. The summed E-state index contributed by atoms with van der Waals surface area (Å²) in [4.78, 5) is 24.5. The molecule has 1 fully saturated rings. The van der Waals surface area contributed by atoms with Crippen LogP contribution in [0.4, 0.5) is 5.69 Å². The maximum Gasteiger partial charge on any atom is 0.307 e. The molecule has 1 saturated carbocycles. The van der Waals surface area contributed by atoms with Gasteiger partial charge in [0.1, 0.15) is 11.5 Å². The van der Waals surface area contributed by atoms with Crippen LogP contribution in [0.25, 0.3) is 11.3 Å². The largest absolute Gasteiger partial charge is 0.481 e. The van der Waals surface area contributed by atoms with Crippen molar-refractivity contribution >= 4 is 17.6 Å². The number of aryl methyl sites for hydroxylation is 1. The molecule has 2 aliphatic rings. The van der Waals surface area contributed by atoms with Crippen molar-refractivity contribution < 1.29 is 19.1 Å². The summed E-state index contributed by atoms with van der Waals surface area (Å²) in [5, 5.41) is 12.5. The van der Waals surface area contributed by atoms with Gasteiger partial charge in [-0.3, -0.25) is 9.59 Å².